The van der Waals surface area contributed by atoms with Gasteiger partial charge in [0.2, 0.25) is 5.91 Å². The molecule has 0 aliphatic carbocycles. The highest BCUT2D eigenvalue weighted by atomic mass is 16.6. The fourth-order valence-corrected chi connectivity index (χ4v) is 2.18. The van der Waals surface area contributed by atoms with Crippen molar-refractivity contribution < 1.29 is 19.2 Å². The molecule has 0 spiro atoms. The minimum atomic E-state index is -0.519. The monoisotopic (exact) mass is 343 g/mol. The Balaban J connectivity index is 1.98. The van der Waals surface area contributed by atoms with E-state index < -0.39 is 16.7 Å². The Hall–Kier alpha value is -3.42. The maximum atomic E-state index is 12.1. The summed E-state index contributed by atoms with van der Waals surface area (Å²) in [5.41, 5.74) is 1.00. The molecule has 25 heavy (non-hydrogen) atoms. The standard InChI is InChI=1S/C17H17N3O5/c1-11-7-8-12(9-14(11)20(23)24)19-16(21)10-18-17(22)13-5-3-4-6-15(13)25-2/h3-9H,10H2,1-2H3,(H,18,22)(H,19,21). The van der Waals surface area contributed by atoms with Crippen molar-refractivity contribution in [2.75, 3.05) is 19.0 Å². The minimum Gasteiger partial charge on any atom is -0.496 e. The number of carbonyl (C=O) groups excluding carboxylic acids is 2. The summed E-state index contributed by atoms with van der Waals surface area (Å²) in [4.78, 5) is 34.4. The first-order valence-electron chi connectivity index (χ1n) is 7.38. The van der Waals surface area contributed by atoms with Crippen molar-refractivity contribution >= 4 is 23.2 Å². The number of nitrogens with one attached hydrogen (secondary N) is 2. The summed E-state index contributed by atoms with van der Waals surface area (Å²) < 4.78 is 5.09. The molecule has 2 N–H and O–H groups in total. The van der Waals surface area contributed by atoms with Gasteiger partial charge in [0.25, 0.3) is 11.6 Å². The lowest BCUT2D eigenvalue weighted by molar-refractivity contribution is -0.385. The molecule has 0 atom stereocenters. The van der Waals surface area contributed by atoms with Gasteiger partial charge in [-0.2, -0.15) is 0 Å². The van der Waals surface area contributed by atoms with Crippen molar-refractivity contribution in [3.8, 4) is 5.75 Å². The van der Waals surface area contributed by atoms with Crippen LogP contribution in [0.15, 0.2) is 42.5 Å². The number of ether oxygens (including phenoxy) is 1. The molecule has 8 nitrogen and oxygen atoms in total. The lowest BCUT2D eigenvalue weighted by atomic mass is 10.2. The molecule has 2 aromatic carbocycles. The van der Waals surface area contributed by atoms with Gasteiger partial charge in [-0.05, 0) is 25.1 Å². The maximum Gasteiger partial charge on any atom is 0.274 e. The molecular weight excluding hydrogens is 326 g/mol. The number of benzene rings is 2. The van der Waals surface area contributed by atoms with Crippen LogP contribution >= 0.6 is 0 Å². The van der Waals surface area contributed by atoms with E-state index in [1.807, 2.05) is 0 Å². The number of aryl methyl sites for hydroxylation is 1. The van der Waals surface area contributed by atoms with Crippen molar-refractivity contribution in [2.45, 2.75) is 6.92 Å². The van der Waals surface area contributed by atoms with Gasteiger partial charge in [0.15, 0.2) is 0 Å². The molecule has 0 aromatic heterocycles. The van der Waals surface area contributed by atoms with Crippen LogP contribution in [0, 0.1) is 17.0 Å². The summed E-state index contributed by atoms with van der Waals surface area (Å²) >= 11 is 0. The first kappa shape index (κ1) is 17.9. The van der Waals surface area contributed by atoms with Gasteiger partial charge >= 0.3 is 0 Å². The number of methoxy groups -OCH3 is 1. The molecule has 2 rings (SSSR count). The number of para-hydroxylation sites is 1. The largest absolute Gasteiger partial charge is 0.496 e. The van der Waals surface area contributed by atoms with Gasteiger partial charge in [0, 0.05) is 17.3 Å². The Kier molecular flexibility index (Phi) is 5.67. The average Bonchev–Trinajstić information content (AvgIpc) is 2.61. The van der Waals surface area contributed by atoms with Gasteiger partial charge in [0.05, 0.1) is 24.1 Å². The number of amides is 2. The second-order valence-electron chi connectivity index (χ2n) is 5.19. The van der Waals surface area contributed by atoms with Crippen LogP contribution in [0.1, 0.15) is 15.9 Å². The Bertz CT molecular complexity index is 820. The highest BCUT2D eigenvalue weighted by molar-refractivity contribution is 6.00. The van der Waals surface area contributed by atoms with Crippen molar-refractivity contribution in [3.63, 3.8) is 0 Å². The molecule has 0 unspecified atom stereocenters. The van der Waals surface area contributed by atoms with E-state index in [2.05, 4.69) is 10.6 Å². The van der Waals surface area contributed by atoms with Gasteiger partial charge in [0.1, 0.15) is 5.75 Å². The highest BCUT2D eigenvalue weighted by Gasteiger charge is 2.14. The SMILES string of the molecule is COc1ccccc1C(=O)NCC(=O)Nc1ccc(C)c([N+](=O)[O-])c1. The zero-order valence-electron chi connectivity index (χ0n) is 13.7. The van der Waals surface area contributed by atoms with Gasteiger partial charge in [-0.3, -0.25) is 19.7 Å². The van der Waals surface area contributed by atoms with Crippen molar-refractivity contribution in [1.82, 2.24) is 5.32 Å². The van der Waals surface area contributed by atoms with E-state index in [0.29, 0.717) is 16.9 Å². The lowest BCUT2D eigenvalue weighted by Gasteiger charge is -2.10. The van der Waals surface area contributed by atoms with E-state index in [0.717, 1.165) is 0 Å². The van der Waals surface area contributed by atoms with Crippen LogP contribution in [0.3, 0.4) is 0 Å². The number of nitro groups is 1. The average molecular weight is 343 g/mol. The van der Waals surface area contributed by atoms with E-state index in [1.54, 1.807) is 43.3 Å². The minimum absolute atomic E-state index is 0.0872. The van der Waals surface area contributed by atoms with Crippen LogP contribution in [-0.4, -0.2) is 30.4 Å². The summed E-state index contributed by atoms with van der Waals surface area (Å²) in [7, 11) is 1.45. The lowest BCUT2D eigenvalue weighted by Crippen LogP contribution is -2.33. The quantitative estimate of drug-likeness (QED) is 0.617. The molecular formula is C17H17N3O5. The number of carbonyl (C=O) groups is 2. The first-order chi connectivity index (χ1) is 11.9. The van der Waals surface area contributed by atoms with E-state index >= 15 is 0 Å². The van der Waals surface area contributed by atoms with Crippen molar-refractivity contribution in [1.29, 1.82) is 0 Å². The van der Waals surface area contributed by atoms with Crippen molar-refractivity contribution in [2.24, 2.45) is 0 Å². The zero-order chi connectivity index (χ0) is 18.4. The van der Waals surface area contributed by atoms with E-state index in [1.165, 1.54) is 13.2 Å². The fourth-order valence-electron chi connectivity index (χ4n) is 2.18. The first-order valence-corrected chi connectivity index (χ1v) is 7.38. The number of rotatable bonds is 6. The summed E-state index contributed by atoms with van der Waals surface area (Å²) in [6.45, 7) is 1.33. The topological polar surface area (TPSA) is 111 Å². The third-order valence-corrected chi connectivity index (χ3v) is 3.45. The second kappa shape index (κ2) is 7.91. The Morgan fingerprint density at radius 3 is 2.60 bits per heavy atom. The molecule has 0 fully saturated rings. The molecule has 8 heteroatoms. The number of nitrogens with zero attached hydrogens (tertiary/aromatic N) is 1. The molecule has 0 aliphatic rings. The van der Waals surface area contributed by atoms with Gasteiger partial charge in [-0.15, -0.1) is 0 Å². The van der Waals surface area contributed by atoms with Crippen LogP contribution in [0.5, 0.6) is 5.75 Å². The number of hydrogen-bond acceptors (Lipinski definition) is 5. The van der Waals surface area contributed by atoms with E-state index in [9.17, 15) is 19.7 Å². The zero-order valence-corrected chi connectivity index (χ0v) is 13.7. The number of nitro benzene ring substituents is 1. The fraction of sp³-hybridized carbons (Fsp3) is 0.176. The summed E-state index contributed by atoms with van der Waals surface area (Å²) in [6, 6.07) is 11.0. The normalized spacial score (nSPS) is 10.0. The molecule has 0 bridgehead atoms. The Labute approximate surface area is 144 Å². The van der Waals surface area contributed by atoms with Crippen LogP contribution < -0.4 is 15.4 Å². The maximum absolute atomic E-state index is 12.1. The van der Waals surface area contributed by atoms with E-state index in [-0.39, 0.29) is 17.9 Å². The van der Waals surface area contributed by atoms with E-state index in [4.69, 9.17) is 4.74 Å². The number of anilines is 1. The van der Waals surface area contributed by atoms with Crippen molar-refractivity contribution in [3.05, 3.63) is 63.7 Å². The third kappa shape index (κ3) is 4.54. The predicted molar refractivity (Wildman–Crippen MR) is 91.8 cm³/mol. The van der Waals surface area contributed by atoms with Crippen LogP contribution in [0.4, 0.5) is 11.4 Å². The third-order valence-electron chi connectivity index (χ3n) is 3.45. The molecule has 0 saturated heterocycles. The van der Waals surface area contributed by atoms with Gasteiger partial charge in [-0.1, -0.05) is 18.2 Å². The van der Waals surface area contributed by atoms with Gasteiger partial charge in [-0.25, -0.2) is 0 Å². The summed E-state index contributed by atoms with van der Waals surface area (Å²) in [5, 5.41) is 15.9. The van der Waals surface area contributed by atoms with Crippen LogP contribution in [0.25, 0.3) is 0 Å². The smallest absolute Gasteiger partial charge is 0.274 e. The molecule has 0 saturated carbocycles. The van der Waals surface area contributed by atoms with Gasteiger partial charge < -0.3 is 15.4 Å². The molecule has 0 heterocycles. The summed E-state index contributed by atoms with van der Waals surface area (Å²) in [5.74, 6) is -0.557. The highest BCUT2D eigenvalue weighted by Crippen LogP contribution is 2.22. The van der Waals surface area contributed by atoms with Crippen LogP contribution in [-0.2, 0) is 4.79 Å². The number of hydrogen-bond donors (Lipinski definition) is 2. The van der Waals surface area contributed by atoms with Crippen LogP contribution in [0.2, 0.25) is 0 Å². The molecule has 0 aliphatic heterocycles. The molecule has 2 aromatic rings. The predicted octanol–water partition coefficient (Wildman–Crippen LogP) is 2.28. The molecule has 2 amide bonds. The Morgan fingerprint density at radius 2 is 1.92 bits per heavy atom. The Morgan fingerprint density at radius 1 is 1.20 bits per heavy atom. The summed E-state index contributed by atoms with van der Waals surface area (Å²) in [6.07, 6.45) is 0. The molecule has 0 radical (unpaired) electrons. The second-order valence-corrected chi connectivity index (χ2v) is 5.19. The molecule has 130 valence electrons.